The van der Waals surface area contributed by atoms with Crippen LogP contribution in [-0.4, -0.2) is 39.0 Å². The first-order valence-electron chi connectivity index (χ1n) is 7.16. The van der Waals surface area contributed by atoms with Crippen molar-refractivity contribution in [2.24, 2.45) is 7.05 Å². The molecule has 1 saturated heterocycles. The monoisotopic (exact) mass is 278 g/mol. The second-order valence-corrected chi connectivity index (χ2v) is 5.50. The molecule has 1 aromatic heterocycles. The number of aromatic nitrogens is 1. The van der Waals surface area contributed by atoms with E-state index in [0.29, 0.717) is 12.1 Å². The second-order valence-electron chi connectivity index (χ2n) is 5.50. The van der Waals surface area contributed by atoms with Crippen molar-refractivity contribution in [3.05, 3.63) is 23.5 Å². The maximum absolute atomic E-state index is 12.6. The predicted molar refractivity (Wildman–Crippen MR) is 75.7 cm³/mol. The van der Waals surface area contributed by atoms with E-state index in [2.05, 4.69) is 0 Å². The van der Waals surface area contributed by atoms with E-state index >= 15 is 0 Å². The molecule has 0 unspecified atom stereocenters. The number of amides is 1. The Morgan fingerprint density at radius 1 is 1.35 bits per heavy atom. The van der Waals surface area contributed by atoms with E-state index in [1.807, 2.05) is 35.6 Å². The standard InChI is InChI=1S/C15H22N2O3/c1-11-6-8-13(16(11)2)15(20)17-10-4-3-5-12(17)7-9-14(18)19/h6,8,12H,3-5,7,9-10H2,1-2H3,(H,18,19)/t12-/m0/s1. The molecule has 0 aromatic carbocycles. The fraction of sp³-hybridized carbons (Fsp3) is 0.600. The summed E-state index contributed by atoms with van der Waals surface area (Å²) < 4.78 is 1.89. The molecule has 1 aromatic rings. The van der Waals surface area contributed by atoms with Crippen molar-refractivity contribution < 1.29 is 14.7 Å². The highest BCUT2D eigenvalue weighted by molar-refractivity contribution is 5.93. The van der Waals surface area contributed by atoms with Crippen molar-refractivity contribution in [3.63, 3.8) is 0 Å². The molecule has 1 fully saturated rings. The summed E-state index contributed by atoms with van der Waals surface area (Å²) in [4.78, 5) is 25.2. The number of likely N-dealkylation sites (tertiary alicyclic amines) is 1. The number of rotatable bonds is 4. The summed E-state index contributed by atoms with van der Waals surface area (Å²) in [7, 11) is 1.89. The molecule has 1 aliphatic rings. The lowest BCUT2D eigenvalue weighted by Gasteiger charge is -2.35. The van der Waals surface area contributed by atoms with Gasteiger partial charge in [0.15, 0.2) is 0 Å². The molecule has 0 radical (unpaired) electrons. The van der Waals surface area contributed by atoms with Gasteiger partial charge >= 0.3 is 5.97 Å². The Hall–Kier alpha value is -1.78. The SMILES string of the molecule is Cc1ccc(C(=O)N2CCCC[C@H]2CCC(=O)O)n1C. The molecular weight excluding hydrogens is 256 g/mol. The summed E-state index contributed by atoms with van der Waals surface area (Å²) in [5.74, 6) is -0.770. The molecule has 1 N–H and O–H groups in total. The van der Waals surface area contributed by atoms with E-state index in [-0.39, 0.29) is 18.4 Å². The first-order valence-corrected chi connectivity index (χ1v) is 7.16. The lowest BCUT2D eigenvalue weighted by atomic mass is 9.97. The van der Waals surface area contributed by atoms with Crippen molar-refractivity contribution in [3.8, 4) is 0 Å². The lowest BCUT2D eigenvalue weighted by Crippen LogP contribution is -2.44. The van der Waals surface area contributed by atoms with Crippen LogP contribution in [-0.2, 0) is 11.8 Å². The topological polar surface area (TPSA) is 62.5 Å². The quantitative estimate of drug-likeness (QED) is 0.918. The number of piperidine rings is 1. The van der Waals surface area contributed by atoms with E-state index < -0.39 is 5.97 Å². The maximum Gasteiger partial charge on any atom is 0.303 e. The maximum atomic E-state index is 12.6. The number of carboxylic acids is 1. The fourth-order valence-corrected chi connectivity index (χ4v) is 2.83. The summed E-state index contributed by atoms with van der Waals surface area (Å²) in [6.07, 6.45) is 3.65. The highest BCUT2D eigenvalue weighted by Crippen LogP contribution is 2.23. The van der Waals surface area contributed by atoms with E-state index in [0.717, 1.165) is 31.5 Å². The van der Waals surface area contributed by atoms with Crippen LogP contribution in [0.25, 0.3) is 0 Å². The number of carboxylic acid groups (broad SMARTS) is 1. The highest BCUT2D eigenvalue weighted by atomic mass is 16.4. The Morgan fingerprint density at radius 3 is 2.70 bits per heavy atom. The third kappa shape index (κ3) is 3.03. The zero-order valence-corrected chi connectivity index (χ0v) is 12.1. The molecule has 1 amide bonds. The van der Waals surface area contributed by atoms with E-state index in [1.165, 1.54) is 0 Å². The molecule has 1 atom stereocenters. The molecule has 0 spiro atoms. The Balaban J connectivity index is 2.13. The molecule has 110 valence electrons. The summed E-state index contributed by atoms with van der Waals surface area (Å²) in [5.41, 5.74) is 1.73. The number of nitrogens with zero attached hydrogens (tertiary/aromatic N) is 2. The van der Waals surface area contributed by atoms with Gasteiger partial charge in [-0.3, -0.25) is 9.59 Å². The summed E-state index contributed by atoms with van der Waals surface area (Å²) in [6.45, 7) is 2.70. The van der Waals surface area contributed by atoms with Gasteiger partial charge in [0.1, 0.15) is 5.69 Å². The number of carbonyl (C=O) groups excluding carboxylic acids is 1. The zero-order chi connectivity index (χ0) is 14.7. The van der Waals surface area contributed by atoms with Crippen molar-refractivity contribution in [2.45, 2.75) is 45.1 Å². The largest absolute Gasteiger partial charge is 0.481 e. The van der Waals surface area contributed by atoms with Crippen LogP contribution in [0.2, 0.25) is 0 Å². The normalized spacial score (nSPS) is 19.1. The van der Waals surface area contributed by atoms with Crippen molar-refractivity contribution in [1.29, 1.82) is 0 Å². The van der Waals surface area contributed by atoms with Gasteiger partial charge in [-0.15, -0.1) is 0 Å². The highest BCUT2D eigenvalue weighted by Gasteiger charge is 2.29. The van der Waals surface area contributed by atoms with Crippen LogP contribution in [0.1, 0.15) is 48.3 Å². The van der Waals surface area contributed by atoms with Crippen molar-refractivity contribution >= 4 is 11.9 Å². The number of hydrogen-bond acceptors (Lipinski definition) is 2. The average Bonchev–Trinajstić information content (AvgIpc) is 2.76. The van der Waals surface area contributed by atoms with Crippen LogP contribution < -0.4 is 0 Å². The van der Waals surface area contributed by atoms with Crippen molar-refractivity contribution in [1.82, 2.24) is 9.47 Å². The van der Waals surface area contributed by atoms with Crippen LogP contribution in [0.15, 0.2) is 12.1 Å². The Bertz CT molecular complexity index is 507. The first-order chi connectivity index (χ1) is 9.50. The molecule has 2 rings (SSSR count). The first kappa shape index (κ1) is 14.6. The van der Waals surface area contributed by atoms with Gasteiger partial charge in [-0.25, -0.2) is 0 Å². The van der Waals surface area contributed by atoms with Gasteiger partial charge < -0.3 is 14.6 Å². The minimum Gasteiger partial charge on any atom is -0.481 e. The minimum absolute atomic E-state index is 0.0238. The van der Waals surface area contributed by atoms with Gasteiger partial charge in [0.05, 0.1) is 0 Å². The predicted octanol–water partition coefficient (Wildman–Crippen LogP) is 2.19. The van der Waals surface area contributed by atoms with Gasteiger partial charge in [-0.2, -0.15) is 0 Å². The average molecular weight is 278 g/mol. The molecular formula is C15H22N2O3. The molecule has 0 bridgehead atoms. The molecule has 5 nitrogen and oxygen atoms in total. The third-order valence-corrected chi connectivity index (χ3v) is 4.17. The summed E-state index contributed by atoms with van der Waals surface area (Å²) in [5, 5.41) is 8.83. The van der Waals surface area contributed by atoms with E-state index in [4.69, 9.17) is 5.11 Å². The zero-order valence-electron chi connectivity index (χ0n) is 12.1. The molecule has 0 saturated carbocycles. The molecule has 2 heterocycles. The number of hydrogen-bond donors (Lipinski definition) is 1. The molecule has 0 aliphatic carbocycles. The number of aryl methyl sites for hydroxylation is 1. The number of carbonyl (C=O) groups is 2. The second kappa shape index (κ2) is 6.11. The fourth-order valence-electron chi connectivity index (χ4n) is 2.83. The summed E-state index contributed by atoms with van der Waals surface area (Å²) >= 11 is 0. The van der Waals surface area contributed by atoms with E-state index in [1.54, 1.807) is 0 Å². The smallest absolute Gasteiger partial charge is 0.303 e. The van der Waals surface area contributed by atoms with Crippen LogP contribution in [0.5, 0.6) is 0 Å². The molecule has 20 heavy (non-hydrogen) atoms. The lowest BCUT2D eigenvalue weighted by molar-refractivity contribution is -0.137. The third-order valence-electron chi connectivity index (χ3n) is 4.17. The van der Waals surface area contributed by atoms with Crippen LogP contribution >= 0.6 is 0 Å². The van der Waals surface area contributed by atoms with E-state index in [9.17, 15) is 9.59 Å². The molecule has 1 aliphatic heterocycles. The van der Waals surface area contributed by atoms with Gasteiger partial charge in [0, 0.05) is 31.7 Å². The van der Waals surface area contributed by atoms with Crippen LogP contribution in [0.4, 0.5) is 0 Å². The Labute approximate surface area is 119 Å². The Kier molecular flexibility index (Phi) is 4.47. The van der Waals surface area contributed by atoms with Crippen LogP contribution in [0.3, 0.4) is 0 Å². The minimum atomic E-state index is -0.794. The van der Waals surface area contributed by atoms with Gasteiger partial charge in [-0.05, 0) is 44.7 Å². The Morgan fingerprint density at radius 2 is 2.10 bits per heavy atom. The summed E-state index contributed by atoms with van der Waals surface area (Å²) in [6, 6.07) is 3.84. The van der Waals surface area contributed by atoms with Crippen LogP contribution in [0, 0.1) is 6.92 Å². The van der Waals surface area contributed by atoms with Gasteiger partial charge in [0.2, 0.25) is 0 Å². The van der Waals surface area contributed by atoms with Gasteiger partial charge in [0.25, 0.3) is 5.91 Å². The van der Waals surface area contributed by atoms with Crippen molar-refractivity contribution in [2.75, 3.05) is 6.54 Å². The van der Waals surface area contributed by atoms with Gasteiger partial charge in [-0.1, -0.05) is 0 Å². The molecule has 5 heteroatoms. The number of aliphatic carboxylic acids is 1.